The molecule has 0 saturated heterocycles. The fraction of sp³-hybridized carbons (Fsp3) is 0.222. The molecule has 0 aliphatic rings. The summed E-state index contributed by atoms with van der Waals surface area (Å²) >= 11 is 0. The van der Waals surface area contributed by atoms with Crippen molar-refractivity contribution in [3.63, 3.8) is 0 Å². The summed E-state index contributed by atoms with van der Waals surface area (Å²) in [4.78, 5) is 8.79. The second-order valence-electron chi connectivity index (χ2n) is 3.83. The molecular weight excluding hydrogens is 376 g/mol. The van der Waals surface area contributed by atoms with Gasteiger partial charge in [0.05, 0.1) is 6.26 Å². The van der Waals surface area contributed by atoms with E-state index in [0.29, 0.717) is 6.26 Å². The van der Waals surface area contributed by atoms with Crippen molar-refractivity contribution >= 4 is 26.2 Å². The average molecular weight is 382 g/mol. The summed E-state index contributed by atoms with van der Waals surface area (Å²) in [5.74, 6) is -13.7. The molecule has 8 nitrogen and oxygen atoms in total. The van der Waals surface area contributed by atoms with E-state index in [4.69, 9.17) is 4.55 Å². The lowest BCUT2D eigenvalue weighted by molar-refractivity contribution is -0.137. The van der Waals surface area contributed by atoms with Gasteiger partial charge in [-0.15, -0.1) is 0 Å². The third-order valence-electron chi connectivity index (χ3n) is 2.05. The molecule has 0 aliphatic carbocycles. The zero-order valence-electron chi connectivity index (χ0n) is 10.8. The van der Waals surface area contributed by atoms with E-state index in [0.717, 1.165) is 0 Å². The van der Waals surface area contributed by atoms with Crippen LogP contribution in [0.15, 0.2) is 4.90 Å². The highest BCUT2D eigenvalue weighted by atomic mass is 32.2. The van der Waals surface area contributed by atoms with Gasteiger partial charge in [-0.05, 0) is 0 Å². The van der Waals surface area contributed by atoms with E-state index in [1.807, 2.05) is 0 Å². The maximum Gasteiger partial charge on any atom is 0.339 e. The fourth-order valence-corrected chi connectivity index (χ4v) is 2.15. The third-order valence-corrected chi connectivity index (χ3v) is 3.47. The van der Waals surface area contributed by atoms with Gasteiger partial charge in [0, 0.05) is 0 Å². The SMILES string of the molecule is CS(=O)(=O)OCC(=O)Oc1c(F)c(F)c(S(=O)(=O)O)c(F)c1F. The predicted octanol–water partition coefficient (Wildman–Crippen LogP) is 0.371. The smallest absolute Gasteiger partial charge is 0.339 e. The minimum absolute atomic E-state index is 0.529. The normalized spacial score (nSPS) is 12.3. The number of hydrogen-bond acceptors (Lipinski definition) is 7. The minimum atomic E-state index is -5.66. The molecule has 0 atom stereocenters. The molecule has 0 spiro atoms. The summed E-state index contributed by atoms with van der Waals surface area (Å²) in [7, 11) is -9.78. The second-order valence-corrected chi connectivity index (χ2v) is 6.83. The average Bonchev–Trinajstić information content (AvgIpc) is 2.37. The van der Waals surface area contributed by atoms with E-state index in [1.54, 1.807) is 0 Å². The van der Waals surface area contributed by atoms with Crippen LogP contribution < -0.4 is 4.74 Å². The Morgan fingerprint density at radius 3 is 1.78 bits per heavy atom. The Bertz CT molecular complexity index is 833. The Morgan fingerprint density at radius 1 is 1.00 bits per heavy atom. The third kappa shape index (κ3) is 4.60. The van der Waals surface area contributed by atoms with E-state index in [-0.39, 0.29) is 0 Å². The number of esters is 1. The number of rotatable bonds is 5. The molecule has 1 N–H and O–H groups in total. The van der Waals surface area contributed by atoms with Gasteiger partial charge in [-0.1, -0.05) is 0 Å². The van der Waals surface area contributed by atoms with E-state index < -0.39 is 66.7 Å². The van der Waals surface area contributed by atoms with Gasteiger partial charge in [-0.2, -0.15) is 25.6 Å². The van der Waals surface area contributed by atoms with Crippen LogP contribution in [0.3, 0.4) is 0 Å². The molecule has 0 aromatic heterocycles. The molecule has 0 fully saturated rings. The number of carbonyl (C=O) groups is 1. The number of hydrogen-bond donors (Lipinski definition) is 1. The molecule has 1 aromatic rings. The molecule has 23 heavy (non-hydrogen) atoms. The van der Waals surface area contributed by atoms with Gasteiger partial charge in [0.15, 0.2) is 23.1 Å². The molecule has 0 unspecified atom stereocenters. The van der Waals surface area contributed by atoms with Gasteiger partial charge in [0.25, 0.3) is 10.1 Å². The van der Waals surface area contributed by atoms with Crippen molar-refractivity contribution in [2.24, 2.45) is 0 Å². The molecule has 0 amide bonds. The summed E-state index contributed by atoms with van der Waals surface area (Å²) in [6.45, 7) is -1.37. The first-order valence-corrected chi connectivity index (χ1v) is 8.40. The van der Waals surface area contributed by atoms with Gasteiger partial charge >= 0.3 is 16.1 Å². The van der Waals surface area contributed by atoms with Crippen molar-refractivity contribution < 1.29 is 52.7 Å². The Hall–Kier alpha value is -1.77. The molecule has 14 heteroatoms. The van der Waals surface area contributed by atoms with Crippen LogP contribution in [0.2, 0.25) is 0 Å². The molecule has 0 bridgehead atoms. The molecule has 0 saturated carbocycles. The summed E-state index contributed by atoms with van der Waals surface area (Å²) in [5.41, 5.74) is 0. The van der Waals surface area contributed by atoms with Crippen LogP contribution in [0.1, 0.15) is 0 Å². The van der Waals surface area contributed by atoms with Crippen molar-refractivity contribution in [3.8, 4) is 5.75 Å². The highest BCUT2D eigenvalue weighted by Gasteiger charge is 2.34. The fourth-order valence-electron chi connectivity index (χ4n) is 1.21. The van der Waals surface area contributed by atoms with Gasteiger partial charge in [0.2, 0.25) is 17.4 Å². The first kappa shape index (κ1) is 19.3. The molecule has 0 heterocycles. The lowest BCUT2D eigenvalue weighted by atomic mass is 10.3. The first-order chi connectivity index (χ1) is 10.3. The van der Waals surface area contributed by atoms with Crippen LogP contribution in [0.25, 0.3) is 0 Å². The maximum atomic E-state index is 13.5. The van der Waals surface area contributed by atoms with Crippen LogP contribution in [-0.2, 0) is 29.2 Å². The molecule has 1 aromatic carbocycles. The van der Waals surface area contributed by atoms with Gasteiger partial charge in [0.1, 0.15) is 0 Å². The van der Waals surface area contributed by atoms with Gasteiger partial charge in [-0.25, -0.2) is 13.6 Å². The molecule has 130 valence electrons. The van der Waals surface area contributed by atoms with E-state index in [2.05, 4.69) is 8.92 Å². The van der Waals surface area contributed by atoms with E-state index >= 15 is 0 Å². The highest BCUT2D eigenvalue weighted by Crippen LogP contribution is 2.32. The Balaban J connectivity index is 3.28. The molecule has 0 radical (unpaired) electrons. The zero-order valence-corrected chi connectivity index (χ0v) is 12.5. The van der Waals surface area contributed by atoms with Crippen molar-refractivity contribution in [2.45, 2.75) is 4.90 Å². The van der Waals surface area contributed by atoms with Gasteiger partial charge in [-0.3, -0.25) is 8.74 Å². The predicted molar refractivity (Wildman–Crippen MR) is 62.5 cm³/mol. The van der Waals surface area contributed by atoms with E-state index in [1.165, 1.54) is 0 Å². The van der Waals surface area contributed by atoms with Crippen molar-refractivity contribution in [1.29, 1.82) is 0 Å². The Labute approximate surface area is 126 Å². The number of benzene rings is 1. The van der Waals surface area contributed by atoms with Crippen molar-refractivity contribution in [1.82, 2.24) is 0 Å². The highest BCUT2D eigenvalue weighted by molar-refractivity contribution is 7.86. The molecule has 0 aliphatic heterocycles. The first-order valence-electron chi connectivity index (χ1n) is 5.14. The van der Waals surface area contributed by atoms with Crippen LogP contribution in [0, 0.1) is 23.3 Å². The Morgan fingerprint density at radius 2 is 1.43 bits per heavy atom. The monoisotopic (exact) mass is 382 g/mol. The van der Waals surface area contributed by atoms with Crippen LogP contribution in [0.4, 0.5) is 17.6 Å². The number of halogens is 4. The summed E-state index contributed by atoms with van der Waals surface area (Å²) in [6, 6.07) is 0. The minimum Gasteiger partial charge on any atom is -0.418 e. The largest absolute Gasteiger partial charge is 0.418 e. The van der Waals surface area contributed by atoms with Crippen molar-refractivity contribution in [3.05, 3.63) is 23.3 Å². The lowest BCUT2D eigenvalue weighted by Gasteiger charge is -2.10. The standard InChI is InChI=1S/C9H6F4O8S2/c1-22(15,16)20-2-3(14)21-8-4(10)6(12)9(23(17,18)19)7(13)5(8)11/h2H2,1H3,(H,17,18,19). The molecular formula is C9H6F4O8S2. The summed E-state index contributed by atoms with van der Waals surface area (Å²) in [6.07, 6.45) is 0.529. The quantitative estimate of drug-likeness (QED) is 0.193. The topological polar surface area (TPSA) is 124 Å². The second kappa shape index (κ2) is 6.38. The Kier molecular flexibility index (Phi) is 5.35. The zero-order chi connectivity index (χ0) is 18.2. The van der Waals surface area contributed by atoms with Crippen LogP contribution >= 0.6 is 0 Å². The van der Waals surface area contributed by atoms with Gasteiger partial charge < -0.3 is 4.74 Å². The summed E-state index contributed by atoms with van der Waals surface area (Å²) < 4.78 is 113. The summed E-state index contributed by atoms with van der Waals surface area (Å²) in [5, 5.41) is 0. The van der Waals surface area contributed by atoms with Crippen LogP contribution in [0.5, 0.6) is 5.75 Å². The van der Waals surface area contributed by atoms with Crippen LogP contribution in [-0.4, -0.2) is 40.2 Å². The maximum absolute atomic E-state index is 13.5. The van der Waals surface area contributed by atoms with E-state index in [9.17, 15) is 39.2 Å². The van der Waals surface area contributed by atoms with Crippen molar-refractivity contribution in [2.75, 3.05) is 12.9 Å². The molecule has 1 rings (SSSR count). The lowest BCUT2D eigenvalue weighted by Crippen LogP contribution is -2.21. The number of ether oxygens (including phenoxy) is 1. The number of carbonyl (C=O) groups excluding carboxylic acids is 1.